The van der Waals surface area contributed by atoms with Crippen LogP contribution in [0.4, 0.5) is 13.2 Å². The molecule has 1 aromatic heterocycles. The van der Waals surface area contributed by atoms with Crippen molar-refractivity contribution < 1.29 is 17.7 Å². The van der Waals surface area contributed by atoms with E-state index in [4.69, 9.17) is 4.52 Å². The van der Waals surface area contributed by atoms with Gasteiger partial charge in [0.05, 0.1) is 12.1 Å². The normalized spacial score (nSPS) is 22.7. The molecule has 0 aliphatic carbocycles. The Morgan fingerprint density at radius 1 is 1.25 bits per heavy atom. The lowest BCUT2D eigenvalue weighted by Gasteiger charge is -2.36. The molecule has 1 aromatic carbocycles. The Kier molecular flexibility index (Phi) is 4.87. The second-order valence-electron chi connectivity index (χ2n) is 5.87. The number of nitrogens with zero attached hydrogens (tertiary/aromatic N) is 3. The summed E-state index contributed by atoms with van der Waals surface area (Å²) in [6, 6.07) is 5.18. The van der Waals surface area contributed by atoms with Gasteiger partial charge in [0.25, 0.3) is 0 Å². The van der Waals surface area contributed by atoms with E-state index in [0.29, 0.717) is 35.1 Å². The first kappa shape index (κ1) is 17.3. The van der Waals surface area contributed by atoms with E-state index in [0.717, 1.165) is 24.4 Å². The second kappa shape index (κ2) is 6.76. The quantitative estimate of drug-likeness (QED) is 0.828. The maximum atomic E-state index is 12.6. The third-order valence-corrected chi connectivity index (χ3v) is 5.63. The molecule has 0 amide bonds. The van der Waals surface area contributed by atoms with Crippen molar-refractivity contribution in [2.75, 3.05) is 12.3 Å². The molecule has 1 aliphatic rings. The van der Waals surface area contributed by atoms with Gasteiger partial charge < -0.3 is 4.52 Å². The van der Waals surface area contributed by atoms with Crippen LogP contribution in [-0.4, -0.2) is 38.6 Å². The van der Waals surface area contributed by atoms with Crippen LogP contribution in [0.5, 0.6) is 0 Å². The van der Waals surface area contributed by atoms with Gasteiger partial charge in [0.2, 0.25) is 11.7 Å². The van der Waals surface area contributed by atoms with Crippen molar-refractivity contribution >= 4 is 11.8 Å². The Labute approximate surface area is 142 Å². The summed E-state index contributed by atoms with van der Waals surface area (Å²) in [5, 5.41) is 4.43. The summed E-state index contributed by atoms with van der Waals surface area (Å²) in [4.78, 5) is 6.60. The summed E-state index contributed by atoms with van der Waals surface area (Å²) in [6.45, 7) is 5.88. The smallest absolute Gasteiger partial charge is 0.338 e. The monoisotopic (exact) mass is 357 g/mol. The maximum absolute atomic E-state index is 12.6. The largest absolute Gasteiger partial charge is 0.416 e. The molecule has 0 radical (unpaired) electrons. The molecule has 0 spiro atoms. The van der Waals surface area contributed by atoms with Crippen molar-refractivity contribution in [3.63, 3.8) is 0 Å². The zero-order valence-electron chi connectivity index (χ0n) is 13.4. The average Bonchev–Trinajstić information content (AvgIpc) is 3.00. The molecule has 1 aliphatic heterocycles. The summed E-state index contributed by atoms with van der Waals surface area (Å²) in [5.41, 5.74) is -0.183. The average molecular weight is 357 g/mol. The van der Waals surface area contributed by atoms with Crippen LogP contribution in [-0.2, 0) is 12.7 Å². The lowest BCUT2D eigenvalue weighted by Crippen LogP contribution is -2.44. The molecule has 2 aromatic rings. The van der Waals surface area contributed by atoms with Crippen LogP contribution in [0.3, 0.4) is 0 Å². The van der Waals surface area contributed by atoms with Crippen LogP contribution >= 0.6 is 11.8 Å². The van der Waals surface area contributed by atoms with Crippen LogP contribution in [0.2, 0.25) is 0 Å². The van der Waals surface area contributed by atoms with Crippen molar-refractivity contribution in [2.24, 2.45) is 0 Å². The lowest BCUT2D eigenvalue weighted by atomic mass is 10.1. The molecule has 0 saturated carbocycles. The molecule has 4 nitrogen and oxygen atoms in total. The van der Waals surface area contributed by atoms with Gasteiger partial charge in [-0.1, -0.05) is 24.2 Å². The number of halogens is 3. The lowest BCUT2D eigenvalue weighted by molar-refractivity contribution is -0.137. The Balaban J connectivity index is 1.71. The van der Waals surface area contributed by atoms with Gasteiger partial charge in [-0.3, -0.25) is 4.90 Å². The van der Waals surface area contributed by atoms with Crippen molar-refractivity contribution in [3.8, 4) is 11.4 Å². The Hall–Kier alpha value is -1.54. The van der Waals surface area contributed by atoms with Gasteiger partial charge in [-0.05, 0) is 19.1 Å². The van der Waals surface area contributed by atoms with Gasteiger partial charge in [-0.15, -0.1) is 0 Å². The first-order valence-corrected chi connectivity index (χ1v) is 8.75. The molecule has 0 bridgehead atoms. The van der Waals surface area contributed by atoms with Crippen molar-refractivity contribution in [2.45, 2.75) is 37.9 Å². The Bertz CT molecular complexity index is 687. The van der Waals surface area contributed by atoms with Crippen LogP contribution < -0.4 is 0 Å². The summed E-state index contributed by atoms with van der Waals surface area (Å²) in [6.07, 6.45) is -4.35. The minimum atomic E-state index is -4.35. The van der Waals surface area contributed by atoms with Crippen molar-refractivity contribution in [3.05, 3.63) is 35.7 Å². The van der Waals surface area contributed by atoms with E-state index < -0.39 is 11.7 Å². The molecule has 1 saturated heterocycles. The standard InChI is InChI=1S/C16H18F3N3OS/c1-10-11(2)24-8-7-22(10)9-14-20-15(21-23-14)12-3-5-13(6-4-12)16(17,18)19/h3-6,10-11H,7-9H2,1-2H3. The van der Waals surface area contributed by atoms with Crippen LogP contribution in [0.15, 0.2) is 28.8 Å². The number of rotatable bonds is 3. The summed E-state index contributed by atoms with van der Waals surface area (Å²) >= 11 is 1.95. The van der Waals surface area contributed by atoms with E-state index in [1.807, 2.05) is 11.8 Å². The fraction of sp³-hybridized carbons (Fsp3) is 0.500. The fourth-order valence-corrected chi connectivity index (χ4v) is 3.80. The number of hydrogen-bond acceptors (Lipinski definition) is 5. The SMILES string of the molecule is CC1SCCN(Cc2nc(-c3ccc(C(F)(F)F)cc3)no2)C1C. The van der Waals surface area contributed by atoms with Gasteiger partial charge in [0, 0.05) is 29.2 Å². The number of alkyl halides is 3. The summed E-state index contributed by atoms with van der Waals surface area (Å²) in [5.74, 6) is 1.85. The first-order valence-electron chi connectivity index (χ1n) is 7.70. The van der Waals surface area contributed by atoms with Crippen molar-refractivity contribution in [1.29, 1.82) is 0 Å². The second-order valence-corrected chi connectivity index (χ2v) is 7.36. The highest BCUT2D eigenvalue weighted by molar-refractivity contribution is 8.00. The number of aromatic nitrogens is 2. The van der Waals surface area contributed by atoms with Crippen LogP contribution in [0.1, 0.15) is 25.3 Å². The molecule has 2 heterocycles. The van der Waals surface area contributed by atoms with Crippen LogP contribution in [0.25, 0.3) is 11.4 Å². The molecule has 2 atom stereocenters. The topological polar surface area (TPSA) is 42.2 Å². The highest BCUT2D eigenvalue weighted by Crippen LogP contribution is 2.30. The molecular weight excluding hydrogens is 339 g/mol. The van der Waals surface area contributed by atoms with Gasteiger partial charge in [-0.25, -0.2) is 0 Å². The minimum Gasteiger partial charge on any atom is -0.338 e. The number of thioether (sulfide) groups is 1. The molecule has 2 unspecified atom stereocenters. The molecule has 0 N–H and O–H groups in total. The highest BCUT2D eigenvalue weighted by Gasteiger charge is 2.30. The molecule has 1 fully saturated rings. The minimum absolute atomic E-state index is 0.311. The summed E-state index contributed by atoms with van der Waals surface area (Å²) < 4.78 is 43.1. The number of hydrogen-bond donors (Lipinski definition) is 0. The Morgan fingerprint density at radius 3 is 2.62 bits per heavy atom. The zero-order valence-corrected chi connectivity index (χ0v) is 14.2. The third-order valence-electron chi connectivity index (χ3n) is 4.29. The van der Waals surface area contributed by atoms with E-state index in [2.05, 4.69) is 28.9 Å². The predicted octanol–water partition coefficient (Wildman–Crippen LogP) is 4.08. The molecular formula is C16H18F3N3OS. The first-order chi connectivity index (χ1) is 11.3. The van der Waals surface area contributed by atoms with Crippen LogP contribution in [0, 0.1) is 0 Å². The van der Waals surface area contributed by atoms with Gasteiger partial charge in [-0.2, -0.15) is 29.9 Å². The predicted molar refractivity (Wildman–Crippen MR) is 86.5 cm³/mol. The highest BCUT2D eigenvalue weighted by atomic mass is 32.2. The van der Waals surface area contributed by atoms with Gasteiger partial charge >= 0.3 is 6.18 Å². The number of benzene rings is 1. The molecule has 24 heavy (non-hydrogen) atoms. The molecule has 8 heteroatoms. The van der Waals surface area contributed by atoms with E-state index in [-0.39, 0.29) is 0 Å². The Morgan fingerprint density at radius 2 is 1.96 bits per heavy atom. The summed E-state index contributed by atoms with van der Waals surface area (Å²) in [7, 11) is 0. The van der Waals surface area contributed by atoms with Gasteiger partial charge in [0.15, 0.2) is 0 Å². The fourth-order valence-electron chi connectivity index (χ4n) is 2.64. The third kappa shape index (κ3) is 3.75. The van der Waals surface area contributed by atoms with Gasteiger partial charge in [0.1, 0.15) is 0 Å². The van der Waals surface area contributed by atoms with E-state index >= 15 is 0 Å². The van der Waals surface area contributed by atoms with Crippen molar-refractivity contribution in [1.82, 2.24) is 15.0 Å². The maximum Gasteiger partial charge on any atom is 0.416 e. The zero-order chi connectivity index (χ0) is 17.3. The molecule has 3 rings (SSSR count). The van der Waals surface area contributed by atoms with E-state index in [1.54, 1.807) is 0 Å². The van der Waals surface area contributed by atoms with E-state index in [9.17, 15) is 13.2 Å². The van der Waals surface area contributed by atoms with E-state index in [1.165, 1.54) is 12.1 Å². The molecule has 130 valence electrons.